The van der Waals surface area contributed by atoms with Gasteiger partial charge in [-0.15, -0.1) is 0 Å². The van der Waals surface area contributed by atoms with E-state index in [2.05, 4.69) is 10.2 Å². The number of nitrogens with zero attached hydrogens (tertiary/aromatic N) is 3. The molecule has 19 heavy (non-hydrogen) atoms. The van der Waals surface area contributed by atoms with Crippen LogP contribution in [0.25, 0.3) is 11.4 Å². The van der Waals surface area contributed by atoms with Crippen molar-refractivity contribution in [1.29, 1.82) is 0 Å². The zero-order valence-electron chi connectivity index (χ0n) is 10.1. The smallest absolute Gasteiger partial charge is 0.272 e. The zero-order chi connectivity index (χ0) is 14.0. The molecule has 0 saturated heterocycles. The van der Waals surface area contributed by atoms with Gasteiger partial charge in [0.15, 0.2) is 10.6 Å². The van der Waals surface area contributed by atoms with Gasteiger partial charge in [-0.3, -0.25) is 15.2 Å². The van der Waals surface area contributed by atoms with Crippen molar-refractivity contribution < 1.29 is 9.31 Å². The van der Waals surface area contributed by atoms with E-state index in [4.69, 9.17) is 12.2 Å². The molecule has 0 saturated carbocycles. The largest absolute Gasteiger partial charge is 0.300 e. The van der Waals surface area contributed by atoms with Crippen LogP contribution in [0, 0.1) is 20.7 Å². The molecule has 0 radical (unpaired) electrons. The molecule has 0 spiro atoms. The van der Waals surface area contributed by atoms with Crippen LogP contribution in [-0.2, 0) is 6.54 Å². The van der Waals surface area contributed by atoms with Crippen LogP contribution in [0.3, 0.4) is 0 Å². The van der Waals surface area contributed by atoms with Crippen molar-refractivity contribution in [2.45, 2.75) is 19.9 Å². The lowest BCUT2D eigenvalue weighted by Gasteiger charge is -2.05. The Kier molecular flexibility index (Phi) is 3.70. The SMILES string of the molecule is CCCn1c(-c2ccc([N+](=O)[O-])cc2F)n[nH]c1=S. The maximum Gasteiger partial charge on any atom is 0.272 e. The number of benzene rings is 1. The van der Waals surface area contributed by atoms with Gasteiger partial charge in [0.1, 0.15) is 5.82 Å². The second-order valence-electron chi connectivity index (χ2n) is 3.93. The van der Waals surface area contributed by atoms with Crippen LogP contribution in [0.5, 0.6) is 0 Å². The lowest BCUT2D eigenvalue weighted by molar-refractivity contribution is -0.385. The van der Waals surface area contributed by atoms with Crippen molar-refractivity contribution in [3.8, 4) is 11.4 Å². The Morgan fingerprint density at radius 2 is 2.32 bits per heavy atom. The summed E-state index contributed by atoms with van der Waals surface area (Å²) < 4.78 is 16.0. The Morgan fingerprint density at radius 1 is 1.58 bits per heavy atom. The van der Waals surface area contributed by atoms with Crippen LogP contribution in [0.1, 0.15) is 13.3 Å². The lowest BCUT2D eigenvalue weighted by Crippen LogP contribution is -2.01. The quantitative estimate of drug-likeness (QED) is 0.531. The van der Waals surface area contributed by atoms with Crippen molar-refractivity contribution in [3.63, 3.8) is 0 Å². The first-order valence-corrected chi connectivity index (χ1v) is 6.05. The number of rotatable bonds is 4. The van der Waals surface area contributed by atoms with Gasteiger partial charge >= 0.3 is 0 Å². The zero-order valence-corrected chi connectivity index (χ0v) is 10.9. The second-order valence-corrected chi connectivity index (χ2v) is 4.31. The van der Waals surface area contributed by atoms with Crippen molar-refractivity contribution >= 4 is 17.9 Å². The molecule has 0 aliphatic carbocycles. The van der Waals surface area contributed by atoms with Gasteiger partial charge in [-0.05, 0) is 24.7 Å². The van der Waals surface area contributed by atoms with E-state index in [1.54, 1.807) is 4.57 Å². The number of halogens is 1. The molecule has 8 heteroatoms. The molecule has 2 rings (SSSR count). The first-order valence-electron chi connectivity index (χ1n) is 5.64. The fourth-order valence-electron chi connectivity index (χ4n) is 1.75. The summed E-state index contributed by atoms with van der Waals surface area (Å²) in [5.41, 5.74) is -0.108. The molecule has 100 valence electrons. The van der Waals surface area contributed by atoms with Gasteiger partial charge in [0.2, 0.25) is 0 Å². The summed E-state index contributed by atoms with van der Waals surface area (Å²) in [6.45, 7) is 2.56. The van der Waals surface area contributed by atoms with E-state index < -0.39 is 10.7 Å². The van der Waals surface area contributed by atoms with Crippen LogP contribution in [0.15, 0.2) is 18.2 Å². The van der Waals surface area contributed by atoms with Crippen LogP contribution in [-0.4, -0.2) is 19.7 Å². The monoisotopic (exact) mass is 282 g/mol. The fraction of sp³-hybridized carbons (Fsp3) is 0.273. The molecule has 0 bridgehead atoms. The summed E-state index contributed by atoms with van der Waals surface area (Å²) in [5, 5.41) is 17.1. The molecule has 0 atom stereocenters. The summed E-state index contributed by atoms with van der Waals surface area (Å²) >= 11 is 5.06. The topological polar surface area (TPSA) is 76.8 Å². The minimum Gasteiger partial charge on any atom is -0.300 e. The molecule has 1 aromatic heterocycles. The van der Waals surface area contributed by atoms with E-state index in [1.165, 1.54) is 12.1 Å². The first kappa shape index (κ1) is 13.3. The van der Waals surface area contributed by atoms with Gasteiger partial charge in [-0.2, -0.15) is 5.10 Å². The third kappa shape index (κ3) is 2.53. The number of nitrogens with one attached hydrogen (secondary N) is 1. The Balaban J connectivity index is 2.53. The highest BCUT2D eigenvalue weighted by Crippen LogP contribution is 2.25. The molecule has 2 aromatic rings. The van der Waals surface area contributed by atoms with Gasteiger partial charge < -0.3 is 4.57 Å². The molecule has 6 nitrogen and oxygen atoms in total. The molecule has 0 unspecified atom stereocenters. The molecular weight excluding hydrogens is 271 g/mol. The summed E-state index contributed by atoms with van der Waals surface area (Å²) in [7, 11) is 0. The Bertz CT molecular complexity index is 680. The van der Waals surface area contributed by atoms with E-state index >= 15 is 0 Å². The molecule has 0 aliphatic rings. The maximum absolute atomic E-state index is 13.9. The molecule has 1 aromatic carbocycles. The van der Waals surface area contributed by atoms with Gasteiger partial charge in [-0.1, -0.05) is 6.92 Å². The predicted octanol–water partition coefficient (Wildman–Crippen LogP) is 3.06. The molecule has 1 heterocycles. The Hall–Kier alpha value is -2.09. The number of nitro groups is 1. The molecule has 1 N–H and O–H groups in total. The second kappa shape index (κ2) is 5.27. The highest BCUT2D eigenvalue weighted by Gasteiger charge is 2.16. The van der Waals surface area contributed by atoms with E-state index in [0.29, 0.717) is 17.1 Å². The average molecular weight is 282 g/mol. The van der Waals surface area contributed by atoms with E-state index in [9.17, 15) is 14.5 Å². The first-order chi connectivity index (χ1) is 9.04. The minimum absolute atomic E-state index is 0.186. The highest BCUT2D eigenvalue weighted by atomic mass is 32.1. The Morgan fingerprint density at radius 3 is 2.89 bits per heavy atom. The van der Waals surface area contributed by atoms with Crippen molar-refractivity contribution in [2.24, 2.45) is 0 Å². The van der Waals surface area contributed by atoms with Crippen LogP contribution in [0.4, 0.5) is 10.1 Å². The third-order valence-corrected chi connectivity index (χ3v) is 2.92. The summed E-state index contributed by atoms with van der Waals surface area (Å²) in [4.78, 5) is 9.93. The number of aromatic nitrogens is 3. The van der Waals surface area contributed by atoms with Crippen LogP contribution >= 0.6 is 12.2 Å². The Labute approximate surface area is 113 Å². The summed E-state index contributed by atoms with van der Waals surface area (Å²) in [6, 6.07) is 3.46. The average Bonchev–Trinajstić information content (AvgIpc) is 2.72. The minimum atomic E-state index is -0.694. The number of non-ortho nitro benzene ring substituents is 1. The van der Waals surface area contributed by atoms with Gasteiger partial charge in [0, 0.05) is 12.6 Å². The normalized spacial score (nSPS) is 10.6. The lowest BCUT2D eigenvalue weighted by atomic mass is 10.2. The molecule has 0 amide bonds. The van der Waals surface area contributed by atoms with Gasteiger partial charge in [-0.25, -0.2) is 4.39 Å². The number of hydrogen-bond acceptors (Lipinski definition) is 4. The number of H-pyrrole nitrogens is 1. The highest BCUT2D eigenvalue weighted by molar-refractivity contribution is 7.71. The van der Waals surface area contributed by atoms with E-state index in [1.807, 2.05) is 6.92 Å². The van der Waals surface area contributed by atoms with E-state index in [-0.39, 0.29) is 11.3 Å². The molecule has 0 aliphatic heterocycles. The standard InChI is InChI=1S/C11H11FN4O2S/c1-2-5-15-10(13-14-11(15)19)8-4-3-7(16(17)18)6-9(8)12/h3-4,6H,2,5H2,1H3,(H,14,19). The van der Waals surface area contributed by atoms with Crippen LogP contribution in [0.2, 0.25) is 0 Å². The van der Waals surface area contributed by atoms with Crippen molar-refractivity contribution in [2.75, 3.05) is 0 Å². The van der Waals surface area contributed by atoms with E-state index in [0.717, 1.165) is 12.5 Å². The molecule has 0 fully saturated rings. The van der Waals surface area contributed by atoms with Crippen molar-refractivity contribution in [1.82, 2.24) is 14.8 Å². The third-order valence-electron chi connectivity index (χ3n) is 2.61. The summed E-state index contributed by atoms with van der Waals surface area (Å²) in [5.74, 6) is -0.347. The van der Waals surface area contributed by atoms with Crippen molar-refractivity contribution in [3.05, 3.63) is 38.9 Å². The summed E-state index contributed by atoms with van der Waals surface area (Å²) in [6.07, 6.45) is 0.815. The van der Waals surface area contributed by atoms with Gasteiger partial charge in [0.05, 0.1) is 16.6 Å². The molecular formula is C11H11FN4O2S. The maximum atomic E-state index is 13.9. The number of aromatic amines is 1. The number of nitro benzene ring substituents is 1. The fourth-order valence-corrected chi connectivity index (χ4v) is 1.98. The van der Waals surface area contributed by atoms with Crippen LogP contribution < -0.4 is 0 Å². The number of hydrogen-bond donors (Lipinski definition) is 1. The van der Waals surface area contributed by atoms with Gasteiger partial charge in [0.25, 0.3) is 5.69 Å². The predicted molar refractivity (Wildman–Crippen MR) is 69.8 cm³/mol.